The van der Waals surface area contributed by atoms with Gasteiger partial charge in [-0.05, 0) is 46.9 Å². The van der Waals surface area contributed by atoms with Gasteiger partial charge in [-0.15, -0.1) is 0 Å². The van der Waals surface area contributed by atoms with Crippen LogP contribution in [-0.2, 0) is 21.5 Å². The van der Waals surface area contributed by atoms with Crippen molar-refractivity contribution in [2.45, 2.75) is 38.8 Å². The van der Waals surface area contributed by atoms with Crippen molar-refractivity contribution in [3.8, 4) is 11.5 Å². The lowest BCUT2D eigenvalue weighted by atomic mass is 9.85. The number of rotatable bonds is 4. The molecule has 0 bridgehead atoms. The maximum atomic E-state index is 13.3. The number of ether oxygens (including phenoxy) is 2. The fraction of sp³-hybridized carbons (Fsp3) is 0.286. The summed E-state index contributed by atoms with van der Waals surface area (Å²) in [5.41, 5.74) is 2.20. The second kappa shape index (κ2) is 8.65. The molecule has 1 atom stereocenters. The fourth-order valence-electron chi connectivity index (χ4n) is 4.47. The van der Waals surface area contributed by atoms with Crippen molar-refractivity contribution < 1.29 is 28.6 Å². The first-order chi connectivity index (χ1) is 16.7. The SMILES string of the molecule is CC(C)(C)c1ccc(C2/C(=C(\O)c3ccc4c(c3)OCCO4)C(=O)C(=O)N2Cc2ccco2)cc1. The van der Waals surface area contributed by atoms with Crippen molar-refractivity contribution in [2.75, 3.05) is 13.2 Å². The van der Waals surface area contributed by atoms with E-state index in [2.05, 4.69) is 20.8 Å². The molecule has 3 aromatic rings. The second-order valence-corrected chi connectivity index (χ2v) is 9.74. The molecule has 0 radical (unpaired) electrons. The van der Waals surface area contributed by atoms with Crippen LogP contribution in [0.1, 0.15) is 49.3 Å². The Morgan fingerprint density at radius 3 is 2.37 bits per heavy atom. The van der Waals surface area contributed by atoms with Crippen molar-refractivity contribution in [3.05, 3.63) is 88.9 Å². The van der Waals surface area contributed by atoms with Crippen molar-refractivity contribution in [2.24, 2.45) is 0 Å². The minimum Gasteiger partial charge on any atom is -0.507 e. The van der Waals surface area contributed by atoms with Gasteiger partial charge >= 0.3 is 0 Å². The van der Waals surface area contributed by atoms with Crippen LogP contribution in [0.3, 0.4) is 0 Å². The highest BCUT2D eigenvalue weighted by atomic mass is 16.6. The summed E-state index contributed by atoms with van der Waals surface area (Å²) in [4.78, 5) is 27.9. The predicted molar refractivity (Wildman–Crippen MR) is 129 cm³/mol. The number of nitrogens with zero attached hydrogens (tertiary/aromatic N) is 1. The molecule has 35 heavy (non-hydrogen) atoms. The van der Waals surface area contributed by atoms with Crippen LogP contribution in [0.15, 0.2) is 70.9 Å². The lowest BCUT2D eigenvalue weighted by Gasteiger charge is -2.26. The zero-order valence-electron chi connectivity index (χ0n) is 19.9. The van der Waals surface area contributed by atoms with Gasteiger partial charge in [0, 0.05) is 5.56 Å². The number of hydrogen-bond donors (Lipinski definition) is 1. The van der Waals surface area contributed by atoms with E-state index < -0.39 is 17.7 Å². The standard InChI is InChI=1S/C28H27NO6/c1-28(2,3)19-9-6-17(7-10-19)24-23(26(31)27(32)29(24)16-20-5-4-12-33-20)25(30)18-8-11-21-22(15-18)35-14-13-34-21/h4-12,15,24,30H,13-14,16H2,1-3H3/b25-23+. The number of amides is 1. The van der Waals surface area contributed by atoms with Crippen LogP contribution in [0.25, 0.3) is 5.76 Å². The Morgan fingerprint density at radius 1 is 1.00 bits per heavy atom. The number of carbonyl (C=O) groups is 2. The maximum absolute atomic E-state index is 13.3. The third-order valence-corrected chi connectivity index (χ3v) is 6.35. The summed E-state index contributed by atoms with van der Waals surface area (Å²) in [6.45, 7) is 7.29. The lowest BCUT2D eigenvalue weighted by molar-refractivity contribution is -0.140. The molecule has 1 aromatic heterocycles. The fourth-order valence-corrected chi connectivity index (χ4v) is 4.47. The van der Waals surface area contributed by atoms with E-state index in [1.807, 2.05) is 24.3 Å². The monoisotopic (exact) mass is 473 g/mol. The molecule has 1 fully saturated rings. The molecule has 1 amide bonds. The number of fused-ring (bicyclic) bond motifs is 1. The maximum Gasteiger partial charge on any atom is 0.296 e. The van der Waals surface area contributed by atoms with Crippen molar-refractivity contribution in [3.63, 3.8) is 0 Å². The molecular weight excluding hydrogens is 446 g/mol. The number of hydrogen-bond acceptors (Lipinski definition) is 6. The average molecular weight is 474 g/mol. The molecule has 0 saturated carbocycles. The first kappa shape index (κ1) is 22.8. The first-order valence-electron chi connectivity index (χ1n) is 11.6. The van der Waals surface area contributed by atoms with E-state index in [4.69, 9.17) is 13.9 Å². The van der Waals surface area contributed by atoms with Gasteiger partial charge in [-0.2, -0.15) is 0 Å². The average Bonchev–Trinajstić information content (AvgIpc) is 3.45. The summed E-state index contributed by atoms with van der Waals surface area (Å²) < 4.78 is 16.7. The highest BCUT2D eigenvalue weighted by molar-refractivity contribution is 6.46. The van der Waals surface area contributed by atoms with Crippen LogP contribution in [0.4, 0.5) is 0 Å². The van der Waals surface area contributed by atoms with Crippen LogP contribution in [0.5, 0.6) is 11.5 Å². The van der Waals surface area contributed by atoms with Gasteiger partial charge in [0.1, 0.15) is 24.7 Å². The molecule has 1 unspecified atom stereocenters. The van der Waals surface area contributed by atoms with E-state index in [1.54, 1.807) is 30.3 Å². The van der Waals surface area contributed by atoms with E-state index in [0.717, 1.165) is 11.1 Å². The van der Waals surface area contributed by atoms with E-state index in [-0.39, 0.29) is 23.3 Å². The first-order valence-corrected chi connectivity index (χ1v) is 11.6. The summed E-state index contributed by atoms with van der Waals surface area (Å²) in [6, 6.07) is 15.5. The van der Waals surface area contributed by atoms with Gasteiger partial charge in [0.25, 0.3) is 11.7 Å². The number of likely N-dealkylation sites (tertiary alicyclic amines) is 1. The number of aliphatic hydroxyl groups is 1. The summed E-state index contributed by atoms with van der Waals surface area (Å²) in [6.07, 6.45) is 1.52. The van der Waals surface area contributed by atoms with Gasteiger partial charge in [0.2, 0.25) is 0 Å². The van der Waals surface area contributed by atoms with Gasteiger partial charge in [-0.1, -0.05) is 45.0 Å². The van der Waals surface area contributed by atoms with Gasteiger partial charge in [-0.25, -0.2) is 0 Å². The highest BCUT2D eigenvalue weighted by Crippen LogP contribution is 2.42. The quantitative estimate of drug-likeness (QED) is 0.327. The van der Waals surface area contributed by atoms with Crippen LogP contribution in [0, 0.1) is 0 Å². The molecule has 7 nitrogen and oxygen atoms in total. The van der Waals surface area contributed by atoms with Crippen LogP contribution >= 0.6 is 0 Å². The third-order valence-electron chi connectivity index (χ3n) is 6.35. The molecule has 2 aromatic carbocycles. The molecule has 2 aliphatic heterocycles. The normalized spacial score (nSPS) is 19.3. The van der Waals surface area contributed by atoms with Gasteiger partial charge < -0.3 is 23.9 Å². The molecule has 0 spiro atoms. The van der Waals surface area contributed by atoms with Gasteiger partial charge in [0.15, 0.2) is 11.5 Å². The molecule has 5 rings (SSSR count). The Kier molecular flexibility index (Phi) is 5.63. The third kappa shape index (κ3) is 4.18. The van der Waals surface area contributed by atoms with E-state index in [0.29, 0.717) is 36.0 Å². The van der Waals surface area contributed by atoms with Crippen molar-refractivity contribution in [1.82, 2.24) is 4.90 Å². The Morgan fingerprint density at radius 2 is 1.71 bits per heavy atom. The van der Waals surface area contributed by atoms with E-state index >= 15 is 0 Å². The molecule has 1 saturated heterocycles. The van der Waals surface area contributed by atoms with Crippen LogP contribution in [0.2, 0.25) is 0 Å². The number of benzene rings is 2. The topological polar surface area (TPSA) is 89.2 Å². The second-order valence-electron chi connectivity index (χ2n) is 9.74. The van der Waals surface area contributed by atoms with Crippen molar-refractivity contribution in [1.29, 1.82) is 0 Å². The molecular formula is C28H27NO6. The Balaban J connectivity index is 1.62. The summed E-state index contributed by atoms with van der Waals surface area (Å²) in [5.74, 6) is -0.0921. The largest absolute Gasteiger partial charge is 0.507 e. The summed E-state index contributed by atoms with van der Waals surface area (Å²) in [7, 11) is 0. The molecule has 3 heterocycles. The molecule has 180 valence electrons. The molecule has 7 heteroatoms. The Labute approximate surface area is 203 Å². The molecule has 2 aliphatic rings. The zero-order valence-corrected chi connectivity index (χ0v) is 19.9. The number of furan rings is 1. The molecule has 1 N–H and O–H groups in total. The van der Waals surface area contributed by atoms with Gasteiger partial charge in [-0.3, -0.25) is 9.59 Å². The van der Waals surface area contributed by atoms with Gasteiger partial charge in [0.05, 0.1) is 24.4 Å². The molecule has 0 aliphatic carbocycles. The van der Waals surface area contributed by atoms with E-state index in [9.17, 15) is 14.7 Å². The van der Waals surface area contributed by atoms with Crippen LogP contribution in [-0.4, -0.2) is 34.9 Å². The van der Waals surface area contributed by atoms with Crippen molar-refractivity contribution >= 4 is 17.4 Å². The zero-order chi connectivity index (χ0) is 24.7. The summed E-state index contributed by atoms with van der Waals surface area (Å²) in [5, 5.41) is 11.3. The summed E-state index contributed by atoms with van der Waals surface area (Å²) >= 11 is 0. The minimum absolute atomic E-state index is 0.0294. The Bertz CT molecular complexity index is 1300. The number of Topliss-reactive ketones (excluding diaryl/α,β-unsaturated/α-hetero) is 1. The smallest absolute Gasteiger partial charge is 0.296 e. The minimum atomic E-state index is -0.776. The van der Waals surface area contributed by atoms with E-state index in [1.165, 1.54) is 11.2 Å². The highest BCUT2D eigenvalue weighted by Gasteiger charge is 2.46. The number of ketones is 1. The van der Waals surface area contributed by atoms with Crippen LogP contribution < -0.4 is 9.47 Å². The predicted octanol–water partition coefficient (Wildman–Crippen LogP) is 4.97. The number of carbonyl (C=O) groups excluding carboxylic acids is 2. The Hall–Kier alpha value is -4.00. The lowest BCUT2D eigenvalue weighted by Crippen LogP contribution is -2.29. The number of aliphatic hydroxyl groups excluding tert-OH is 1.